The van der Waals surface area contributed by atoms with Crippen molar-refractivity contribution in [2.75, 3.05) is 25.5 Å². The average molecular weight is 376 g/mol. The van der Waals surface area contributed by atoms with Crippen LogP contribution in [-0.2, 0) is 11.3 Å². The molecule has 6 heteroatoms. The summed E-state index contributed by atoms with van der Waals surface area (Å²) in [6.45, 7) is 2.37. The topological polar surface area (TPSA) is 44.4 Å². The van der Waals surface area contributed by atoms with Crippen LogP contribution in [0.3, 0.4) is 0 Å². The number of carbonyl (C=O) groups excluding carboxylic acids is 1. The summed E-state index contributed by atoms with van der Waals surface area (Å²) >= 11 is 5.94. The largest absolute Gasteiger partial charge is 0.371 e. The first-order chi connectivity index (χ1) is 12.5. The number of piperidine rings is 1. The van der Waals surface area contributed by atoms with Gasteiger partial charge >= 0.3 is 0 Å². The Balaban J connectivity index is 1.69. The van der Waals surface area contributed by atoms with Crippen LogP contribution in [0.4, 0.5) is 10.1 Å². The third-order valence-corrected chi connectivity index (χ3v) is 5.15. The minimum atomic E-state index is -0.723. The van der Waals surface area contributed by atoms with Crippen molar-refractivity contribution in [2.24, 2.45) is 0 Å². The molecule has 1 aliphatic rings. The highest BCUT2D eigenvalue weighted by atomic mass is 35.5. The number of halogens is 2. The fraction of sp³-hybridized carbons (Fsp3) is 0.350. The number of nitrogens with zero attached hydrogens (tertiary/aromatic N) is 1. The number of nitrogens with one attached hydrogen (secondary N) is 2. The van der Waals surface area contributed by atoms with Crippen LogP contribution in [0.1, 0.15) is 18.4 Å². The van der Waals surface area contributed by atoms with Gasteiger partial charge in [0, 0.05) is 37.4 Å². The van der Waals surface area contributed by atoms with Gasteiger partial charge in [0.2, 0.25) is 5.91 Å². The molecule has 0 radical (unpaired) electrons. The van der Waals surface area contributed by atoms with Gasteiger partial charge < -0.3 is 10.6 Å². The lowest BCUT2D eigenvalue weighted by molar-refractivity contribution is -0.126. The van der Waals surface area contributed by atoms with Gasteiger partial charge in [0.05, 0.1) is 0 Å². The molecular formula is C20H23ClFN3O. The minimum absolute atomic E-state index is 0.0621. The standard InChI is InChI=1S/C20H23ClFN3O/c1-23-19(26)20(24-18-4-2-3-17(22)13-18)9-11-25(12-10-20)14-15-5-7-16(21)8-6-15/h2-8,13,24H,9-12,14H2,1H3,(H,23,26). The molecule has 3 rings (SSSR count). The number of rotatable bonds is 5. The summed E-state index contributed by atoms with van der Waals surface area (Å²) in [4.78, 5) is 14.9. The molecule has 2 aromatic rings. The summed E-state index contributed by atoms with van der Waals surface area (Å²) in [6, 6.07) is 14.1. The first-order valence-electron chi connectivity index (χ1n) is 8.73. The van der Waals surface area contributed by atoms with Crippen molar-refractivity contribution in [3.63, 3.8) is 0 Å². The predicted octanol–water partition coefficient (Wildman–Crippen LogP) is 3.67. The monoisotopic (exact) mass is 375 g/mol. The number of carbonyl (C=O) groups is 1. The number of benzene rings is 2. The zero-order chi connectivity index (χ0) is 18.6. The van der Waals surface area contributed by atoms with E-state index in [0.29, 0.717) is 18.5 Å². The predicted molar refractivity (Wildman–Crippen MR) is 103 cm³/mol. The maximum atomic E-state index is 13.5. The van der Waals surface area contributed by atoms with E-state index in [4.69, 9.17) is 11.6 Å². The Labute approximate surface area is 158 Å². The second kappa shape index (κ2) is 8.06. The molecule has 0 bridgehead atoms. The van der Waals surface area contributed by atoms with Gasteiger partial charge in [-0.1, -0.05) is 29.8 Å². The van der Waals surface area contributed by atoms with E-state index in [1.54, 1.807) is 19.2 Å². The molecule has 4 nitrogen and oxygen atoms in total. The van der Waals surface area contributed by atoms with Gasteiger partial charge in [-0.15, -0.1) is 0 Å². The molecule has 1 heterocycles. The number of likely N-dealkylation sites (tertiary alicyclic amines) is 1. The molecule has 2 N–H and O–H groups in total. The molecule has 1 aliphatic heterocycles. The molecule has 0 aliphatic carbocycles. The summed E-state index contributed by atoms with van der Waals surface area (Å²) in [7, 11) is 1.64. The third-order valence-electron chi connectivity index (χ3n) is 4.90. The van der Waals surface area contributed by atoms with Gasteiger partial charge in [-0.2, -0.15) is 0 Å². The molecule has 1 saturated heterocycles. The van der Waals surface area contributed by atoms with Crippen LogP contribution in [0.25, 0.3) is 0 Å². The highest BCUT2D eigenvalue weighted by Crippen LogP contribution is 2.28. The van der Waals surface area contributed by atoms with Crippen molar-refractivity contribution < 1.29 is 9.18 Å². The number of hydrogen-bond donors (Lipinski definition) is 2. The number of likely N-dealkylation sites (N-methyl/N-ethyl adjacent to an activating group) is 1. The van der Waals surface area contributed by atoms with E-state index < -0.39 is 5.54 Å². The fourth-order valence-electron chi connectivity index (χ4n) is 3.43. The van der Waals surface area contributed by atoms with Crippen LogP contribution in [0, 0.1) is 5.82 Å². The smallest absolute Gasteiger partial charge is 0.245 e. The van der Waals surface area contributed by atoms with Crippen molar-refractivity contribution in [3.05, 3.63) is 64.9 Å². The van der Waals surface area contributed by atoms with E-state index in [9.17, 15) is 9.18 Å². The maximum absolute atomic E-state index is 13.5. The lowest BCUT2D eigenvalue weighted by Crippen LogP contribution is -2.57. The number of hydrogen-bond acceptors (Lipinski definition) is 3. The van der Waals surface area contributed by atoms with Crippen LogP contribution in [0.5, 0.6) is 0 Å². The normalized spacial score (nSPS) is 16.9. The summed E-state index contributed by atoms with van der Waals surface area (Å²) in [5, 5.41) is 6.76. The maximum Gasteiger partial charge on any atom is 0.245 e. The van der Waals surface area contributed by atoms with Gasteiger partial charge in [0.15, 0.2) is 0 Å². The molecule has 1 fully saturated rings. The number of anilines is 1. The van der Waals surface area contributed by atoms with Crippen LogP contribution in [0.2, 0.25) is 5.02 Å². The van der Waals surface area contributed by atoms with Crippen LogP contribution < -0.4 is 10.6 Å². The second-order valence-corrected chi connectivity index (χ2v) is 7.14. The highest BCUT2D eigenvalue weighted by molar-refractivity contribution is 6.30. The molecule has 138 valence electrons. The highest BCUT2D eigenvalue weighted by Gasteiger charge is 2.40. The summed E-state index contributed by atoms with van der Waals surface area (Å²) in [5.41, 5.74) is 1.10. The van der Waals surface area contributed by atoms with Crippen molar-refractivity contribution in [3.8, 4) is 0 Å². The minimum Gasteiger partial charge on any atom is -0.371 e. The van der Waals surface area contributed by atoms with Gasteiger partial charge in [0.25, 0.3) is 0 Å². The van der Waals surface area contributed by atoms with Crippen molar-refractivity contribution >= 4 is 23.2 Å². The van der Waals surface area contributed by atoms with E-state index in [2.05, 4.69) is 15.5 Å². The van der Waals surface area contributed by atoms with E-state index in [1.165, 1.54) is 17.7 Å². The lowest BCUT2D eigenvalue weighted by atomic mass is 9.85. The molecule has 2 aromatic carbocycles. The van der Waals surface area contributed by atoms with E-state index in [0.717, 1.165) is 24.7 Å². The van der Waals surface area contributed by atoms with Gasteiger partial charge in [0.1, 0.15) is 11.4 Å². The van der Waals surface area contributed by atoms with Gasteiger partial charge in [-0.25, -0.2) is 4.39 Å². The molecule has 26 heavy (non-hydrogen) atoms. The van der Waals surface area contributed by atoms with Gasteiger partial charge in [-0.05, 0) is 48.7 Å². The molecule has 0 aromatic heterocycles. The first kappa shape index (κ1) is 18.7. The van der Waals surface area contributed by atoms with E-state index >= 15 is 0 Å². The summed E-state index contributed by atoms with van der Waals surface area (Å²) < 4.78 is 13.5. The molecule has 0 saturated carbocycles. The summed E-state index contributed by atoms with van der Waals surface area (Å²) in [5.74, 6) is -0.380. The van der Waals surface area contributed by atoms with Crippen molar-refractivity contribution in [1.82, 2.24) is 10.2 Å². The Morgan fingerprint density at radius 3 is 2.50 bits per heavy atom. The molecule has 0 spiro atoms. The van der Waals surface area contributed by atoms with Crippen molar-refractivity contribution in [2.45, 2.75) is 24.9 Å². The SMILES string of the molecule is CNC(=O)C1(Nc2cccc(F)c2)CCN(Cc2ccc(Cl)cc2)CC1. The Morgan fingerprint density at radius 2 is 1.88 bits per heavy atom. The summed E-state index contributed by atoms with van der Waals surface area (Å²) in [6.07, 6.45) is 1.30. The molecular weight excluding hydrogens is 353 g/mol. The van der Waals surface area contributed by atoms with Crippen LogP contribution in [0.15, 0.2) is 48.5 Å². The average Bonchev–Trinajstić information content (AvgIpc) is 2.64. The van der Waals surface area contributed by atoms with Crippen molar-refractivity contribution in [1.29, 1.82) is 0 Å². The fourth-order valence-corrected chi connectivity index (χ4v) is 3.56. The van der Waals surface area contributed by atoms with Crippen LogP contribution in [-0.4, -0.2) is 36.5 Å². The van der Waals surface area contributed by atoms with Gasteiger partial charge in [-0.3, -0.25) is 9.69 Å². The molecule has 0 atom stereocenters. The van der Waals surface area contributed by atoms with E-state index in [1.807, 2.05) is 24.3 Å². The first-order valence-corrected chi connectivity index (χ1v) is 9.11. The zero-order valence-electron chi connectivity index (χ0n) is 14.8. The lowest BCUT2D eigenvalue weighted by Gasteiger charge is -2.41. The second-order valence-electron chi connectivity index (χ2n) is 6.70. The number of amides is 1. The van der Waals surface area contributed by atoms with Crippen LogP contribution >= 0.6 is 11.6 Å². The Bertz CT molecular complexity index is 758. The Kier molecular flexibility index (Phi) is 5.79. The molecule has 0 unspecified atom stereocenters. The third kappa shape index (κ3) is 4.34. The quantitative estimate of drug-likeness (QED) is 0.838. The molecule has 1 amide bonds. The Hall–Kier alpha value is -2.11. The Morgan fingerprint density at radius 1 is 1.19 bits per heavy atom. The zero-order valence-corrected chi connectivity index (χ0v) is 15.5. The van der Waals surface area contributed by atoms with E-state index in [-0.39, 0.29) is 11.7 Å².